The lowest BCUT2D eigenvalue weighted by Crippen LogP contribution is -1.90. The van der Waals surface area contributed by atoms with Crippen molar-refractivity contribution in [3.05, 3.63) is 46.7 Å². The highest BCUT2D eigenvalue weighted by Crippen LogP contribution is 2.33. The molecule has 1 heterocycles. The lowest BCUT2D eigenvalue weighted by Gasteiger charge is -2.09. The average Bonchev–Trinajstić information content (AvgIpc) is 2.27. The maximum atomic E-state index is 5.96. The molecule has 3 nitrogen and oxygen atoms in total. The lowest BCUT2D eigenvalue weighted by atomic mass is 10.3. The second-order valence-electron chi connectivity index (χ2n) is 3.10. The number of benzene rings is 1. The molecule has 0 fully saturated rings. The van der Waals surface area contributed by atoms with Crippen LogP contribution >= 0.6 is 23.2 Å². The van der Waals surface area contributed by atoms with Gasteiger partial charge in [-0.1, -0.05) is 23.2 Å². The summed E-state index contributed by atoms with van der Waals surface area (Å²) >= 11 is 11.9. The van der Waals surface area contributed by atoms with Crippen LogP contribution in [0.4, 0.5) is 5.69 Å². The Kier molecular flexibility index (Phi) is 3.17. The fourth-order valence-corrected chi connectivity index (χ4v) is 1.48. The summed E-state index contributed by atoms with van der Waals surface area (Å²) in [7, 11) is 0. The van der Waals surface area contributed by atoms with Gasteiger partial charge in [0.15, 0.2) is 0 Å². The molecule has 0 spiro atoms. The van der Waals surface area contributed by atoms with Crippen LogP contribution in [0.2, 0.25) is 10.0 Å². The molecule has 2 aromatic rings. The van der Waals surface area contributed by atoms with E-state index in [1.807, 2.05) is 0 Å². The maximum Gasteiger partial charge on any atom is 0.149 e. The summed E-state index contributed by atoms with van der Waals surface area (Å²) in [5.74, 6) is 0.957. The van der Waals surface area contributed by atoms with Crippen LogP contribution in [0.1, 0.15) is 0 Å². The summed E-state index contributed by atoms with van der Waals surface area (Å²) < 4.78 is 5.54. The van der Waals surface area contributed by atoms with E-state index < -0.39 is 0 Å². The number of anilines is 1. The Morgan fingerprint density at radius 1 is 1.06 bits per heavy atom. The SMILES string of the molecule is Nc1ccc(Cl)c(Oc2ccncc2Cl)c1. The van der Waals surface area contributed by atoms with Crippen LogP contribution in [-0.4, -0.2) is 4.98 Å². The molecule has 0 atom stereocenters. The highest BCUT2D eigenvalue weighted by Gasteiger charge is 2.06. The van der Waals surface area contributed by atoms with Gasteiger partial charge >= 0.3 is 0 Å². The maximum absolute atomic E-state index is 5.96. The molecule has 0 radical (unpaired) electrons. The molecule has 0 unspecified atom stereocenters. The van der Waals surface area contributed by atoms with E-state index in [1.165, 1.54) is 6.20 Å². The van der Waals surface area contributed by atoms with Gasteiger partial charge in [0.25, 0.3) is 0 Å². The van der Waals surface area contributed by atoms with Crippen LogP contribution in [-0.2, 0) is 0 Å². The van der Waals surface area contributed by atoms with E-state index in [0.29, 0.717) is 27.2 Å². The van der Waals surface area contributed by atoms with Gasteiger partial charge in [-0.15, -0.1) is 0 Å². The van der Waals surface area contributed by atoms with E-state index in [-0.39, 0.29) is 0 Å². The number of nitrogen functional groups attached to an aromatic ring is 1. The number of pyridine rings is 1. The molecule has 0 bridgehead atoms. The van der Waals surface area contributed by atoms with Gasteiger partial charge in [0.1, 0.15) is 16.5 Å². The normalized spacial score (nSPS) is 10.1. The predicted octanol–water partition coefficient (Wildman–Crippen LogP) is 3.76. The zero-order chi connectivity index (χ0) is 11.5. The number of hydrogen-bond donors (Lipinski definition) is 1. The van der Waals surface area contributed by atoms with Gasteiger partial charge in [-0.25, -0.2) is 0 Å². The topological polar surface area (TPSA) is 48.1 Å². The van der Waals surface area contributed by atoms with Crippen molar-refractivity contribution in [1.29, 1.82) is 0 Å². The number of nitrogens with two attached hydrogens (primary N) is 1. The van der Waals surface area contributed by atoms with Crippen LogP contribution in [0.25, 0.3) is 0 Å². The van der Waals surface area contributed by atoms with Crippen LogP contribution in [0.15, 0.2) is 36.7 Å². The van der Waals surface area contributed by atoms with E-state index in [4.69, 9.17) is 33.7 Å². The third-order valence-electron chi connectivity index (χ3n) is 1.91. The van der Waals surface area contributed by atoms with Crippen LogP contribution in [0.5, 0.6) is 11.5 Å². The third-order valence-corrected chi connectivity index (χ3v) is 2.51. The van der Waals surface area contributed by atoms with Crippen molar-refractivity contribution >= 4 is 28.9 Å². The molecule has 1 aromatic carbocycles. The van der Waals surface area contributed by atoms with E-state index in [2.05, 4.69) is 4.98 Å². The zero-order valence-corrected chi connectivity index (χ0v) is 9.66. The zero-order valence-electron chi connectivity index (χ0n) is 8.15. The van der Waals surface area contributed by atoms with Gasteiger partial charge in [-0.05, 0) is 12.1 Å². The van der Waals surface area contributed by atoms with E-state index >= 15 is 0 Å². The van der Waals surface area contributed by atoms with Gasteiger partial charge in [0, 0.05) is 30.2 Å². The third kappa shape index (κ3) is 2.38. The molecule has 2 N–H and O–H groups in total. The van der Waals surface area contributed by atoms with E-state index in [1.54, 1.807) is 30.5 Å². The van der Waals surface area contributed by atoms with Crippen LogP contribution < -0.4 is 10.5 Å². The Balaban J connectivity index is 2.34. The van der Waals surface area contributed by atoms with Crippen molar-refractivity contribution < 1.29 is 4.74 Å². The minimum atomic E-state index is 0.418. The largest absolute Gasteiger partial charge is 0.454 e. The lowest BCUT2D eigenvalue weighted by molar-refractivity contribution is 0.483. The summed E-state index contributed by atoms with van der Waals surface area (Å²) in [4.78, 5) is 3.86. The fourth-order valence-electron chi connectivity index (χ4n) is 1.16. The number of aromatic nitrogens is 1. The molecule has 0 saturated carbocycles. The average molecular weight is 255 g/mol. The Hall–Kier alpha value is -1.45. The van der Waals surface area contributed by atoms with Crippen molar-refractivity contribution in [2.24, 2.45) is 0 Å². The van der Waals surface area contributed by atoms with Gasteiger partial charge in [-0.3, -0.25) is 4.98 Å². The smallest absolute Gasteiger partial charge is 0.149 e. The second-order valence-corrected chi connectivity index (χ2v) is 3.91. The van der Waals surface area contributed by atoms with Crippen molar-refractivity contribution in [3.63, 3.8) is 0 Å². The molecule has 0 amide bonds. The molecule has 2 rings (SSSR count). The molecule has 16 heavy (non-hydrogen) atoms. The fraction of sp³-hybridized carbons (Fsp3) is 0. The van der Waals surface area contributed by atoms with Crippen LogP contribution in [0, 0.1) is 0 Å². The quantitative estimate of drug-likeness (QED) is 0.831. The van der Waals surface area contributed by atoms with Gasteiger partial charge < -0.3 is 10.5 Å². The molecule has 5 heteroatoms. The molecule has 1 aromatic heterocycles. The molecule has 0 aliphatic heterocycles. The number of ether oxygens (including phenoxy) is 1. The molecule has 82 valence electrons. The number of halogens is 2. The first-order chi connectivity index (χ1) is 7.66. The summed E-state index contributed by atoms with van der Waals surface area (Å²) in [6.45, 7) is 0. The Morgan fingerprint density at radius 2 is 1.88 bits per heavy atom. The molecule has 0 aliphatic carbocycles. The number of nitrogens with zero attached hydrogens (tertiary/aromatic N) is 1. The highest BCUT2D eigenvalue weighted by molar-refractivity contribution is 6.32. The first kappa shape index (κ1) is 11.0. The molecular formula is C11H8Cl2N2O. The Morgan fingerprint density at radius 3 is 2.62 bits per heavy atom. The molecule has 0 aliphatic rings. The first-order valence-electron chi connectivity index (χ1n) is 4.49. The number of rotatable bonds is 2. The van der Waals surface area contributed by atoms with Crippen molar-refractivity contribution in [1.82, 2.24) is 4.98 Å². The summed E-state index contributed by atoms with van der Waals surface area (Å²) in [5.41, 5.74) is 6.21. The minimum Gasteiger partial charge on any atom is -0.454 e. The summed E-state index contributed by atoms with van der Waals surface area (Å²) in [6.07, 6.45) is 3.08. The minimum absolute atomic E-state index is 0.418. The number of hydrogen-bond acceptors (Lipinski definition) is 3. The second kappa shape index (κ2) is 4.60. The van der Waals surface area contributed by atoms with Gasteiger partial charge in [0.2, 0.25) is 0 Å². The van der Waals surface area contributed by atoms with E-state index in [0.717, 1.165) is 0 Å². The first-order valence-corrected chi connectivity index (χ1v) is 5.25. The standard InChI is InChI=1S/C11H8Cl2N2O/c12-8-2-1-7(14)5-11(8)16-10-3-4-15-6-9(10)13/h1-6H,14H2. The Bertz CT molecular complexity index is 517. The van der Waals surface area contributed by atoms with Crippen molar-refractivity contribution in [3.8, 4) is 11.5 Å². The van der Waals surface area contributed by atoms with Gasteiger partial charge in [-0.2, -0.15) is 0 Å². The van der Waals surface area contributed by atoms with Crippen molar-refractivity contribution in [2.45, 2.75) is 0 Å². The monoisotopic (exact) mass is 254 g/mol. The van der Waals surface area contributed by atoms with Gasteiger partial charge in [0.05, 0.1) is 5.02 Å². The highest BCUT2D eigenvalue weighted by atomic mass is 35.5. The predicted molar refractivity (Wildman–Crippen MR) is 65.2 cm³/mol. The summed E-state index contributed by atoms with van der Waals surface area (Å²) in [5, 5.41) is 0.892. The molecular weight excluding hydrogens is 247 g/mol. The Labute approximate surface area is 103 Å². The summed E-state index contributed by atoms with van der Waals surface area (Å²) in [6, 6.07) is 6.66. The van der Waals surface area contributed by atoms with Crippen LogP contribution in [0.3, 0.4) is 0 Å². The molecule has 0 saturated heterocycles. The van der Waals surface area contributed by atoms with E-state index in [9.17, 15) is 0 Å². The van der Waals surface area contributed by atoms with Crippen molar-refractivity contribution in [2.75, 3.05) is 5.73 Å².